The molecule has 0 saturated carbocycles. The zero-order valence-corrected chi connectivity index (χ0v) is 16.3. The van der Waals surface area contributed by atoms with Gasteiger partial charge in [0.05, 0.1) is 35.6 Å². The minimum absolute atomic E-state index is 0.0108. The van der Waals surface area contributed by atoms with Gasteiger partial charge in [-0.1, -0.05) is 30.3 Å². The minimum Gasteiger partial charge on any atom is -0.378 e. The van der Waals surface area contributed by atoms with Crippen LogP contribution in [0.1, 0.15) is 5.56 Å². The van der Waals surface area contributed by atoms with E-state index in [0.29, 0.717) is 23.9 Å². The van der Waals surface area contributed by atoms with Crippen molar-refractivity contribution in [3.8, 4) is 11.3 Å². The number of ether oxygens (including phenoxy) is 1. The van der Waals surface area contributed by atoms with Gasteiger partial charge in [0.15, 0.2) is 0 Å². The van der Waals surface area contributed by atoms with E-state index in [9.17, 15) is 10.1 Å². The molecule has 0 unspecified atom stereocenters. The van der Waals surface area contributed by atoms with E-state index in [1.165, 1.54) is 23.6 Å². The molecule has 8 nitrogen and oxygen atoms in total. The van der Waals surface area contributed by atoms with Crippen LogP contribution in [-0.4, -0.2) is 42.4 Å². The van der Waals surface area contributed by atoms with Crippen molar-refractivity contribution in [3.05, 3.63) is 69.6 Å². The third-order valence-electron chi connectivity index (χ3n) is 4.52. The van der Waals surface area contributed by atoms with Crippen LogP contribution in [0.2, 0.25) is 0 Å². The standard InChI is InChI=1S/C20H19N5O3S/c26-25(27)19-7-6-17(24-8-10-28-11-9-24)12-16(19)13-21-23-20-22-18(14-29-20)15-4-2-1-3-5-15/h1-7,12-14H,8-11H2,(H,22,23). The first-order valence-electron chi connectivity index (χ1n) is 9.12. The molecule has 0 radical (unpaired) electrons. The Morgan fingerprint density at radius 2 is 2.00 bits per heavy atom. The lowest BCUT2D eigenvalue weighted by atomic mass is 10.1. The topological polar surface area (TPSA) is 92.9 Å². The van der Waals surface area contributed by atoms with E-state index in [1.54, 1.807) is 12.1 Å². The molecule has 3 aromatic rings. The molecule has 1 aliphatic rings. The molecular formula is C20H19N5O3S. The van der Waals surface area contributed by atoms with Crippen LogP contribution in [0, 0.1) is 10.1 Å². The van der Waals surface area contributed by atoms with E-state index >= 15 is 0 Å². The van der Waals surface area contributed by atoms with E-state index in [0.717, 1.165) is 30.0 Å². The monoisotopic (exact) mass is 409 g/mol. The number of hydrogen-bond donors (Lipinski definition) is 1. The predicted molar refractivity (Wildman–Crippen MR) is 115 cm³/mol. The highest BCUT2D eigenvalue weighted by molar-refractivity contribution is 7.14. The number of hydrogen-bond acceptors (Lipinski definition) is 8. The highest BCUT2D eigenvalue weighted by Gasteiger charge is 2.17. The normalized spacial score (nSPS) is 14.3. The molecular weight excluding hydrogens is 390 g/mol. The fraction of sp³-hybridized carbons (Fsp3) is 0.200. The predicted octanol–water partition coefficient (Wildman–Crippen LogP) is 4.00. The van der Waals surface area contributed by atoms with Gasteiger partial charge in [0.1, 0.15) is 0 Å². The van der Waals surface area contributed by atoms with Crippen LogP contribution < -0.4 is 10.3 Å². The Bertz CT molecular complexity index is 1020. The van der Waals surface area contributed by atoms with Gasteiger partial charge in [-0.25, -0.2) is 4.98 Å². The number of aromatic nitrogens is 1. The Hall–Kier alpha value is -3.30. The van der Waals surface area contributed by atoms with Gasteiger partial charge in [-0.15, -0.1) is 11.3 Å². The largest absolute Gasteiger partial charge is 0.378 e. The Balaban J connectivity index is 1.51. The molecule has 2 aromatic carbocycles. The van der Waals surface area contributed by atoms with Gasteiger partial charge >= 0.3 is 0 Å². The molecule has 1 fully saturated rings. The molecule has 148 valence electrons. The van der Waals surface area contributed by atoms with Gasteiger partial charge in [-0.2, -0.15) is 5.10 Å². The second kappa shape index (κ2) is 8.80. The van der Waals surface area contributed by atoms with Crippen molar-refractivity contribution < 1.29 is 9.66 Å². The Morgan fingerprint density at radius 3 is 2.76 bits per heavy atom. The van der Waals surface area contributed by atoms with Crippen molar-refractivity contribution in [2.24, 2.45) is 5.10 Å². The first-order chi connectivity index (χ1) is 14.2. The van der Waals surface area contributed by atoms with E-state index in [1.807, 2.05) is 35.7 Å². The number of nitro groups is 1. The third kappa shape index (κ3) is 4.58. The molecule has 29 heavy (non-hydrogen) atoms. The molecule has 1 saturated heterocycles. The highest BCUT2D eigenvalue weighted by Crippen LogP contribution is 2.26. The number of anilines is 2. The first-order valence-corrected chi connectivity index (χ1v) is 10.00. The highest BCUT2D eigenvalue weighted by atomic mass is 32.1. The summed E-state index contributed by atoms with van der Waals surface area (Å²) in [6, 6.07) is 14.9. The van der Waals surface area contributed by atoms with Gasteiger partial charge in [0, 0.05) is 35.8 Å². The maximum absolute atomic E-state index is 11.4. The van der Waals surface area contributed by atoms with Gasteiger partial charge in [-0.05, 0) is 12.1 Å². The number of benzene rings is 2. The minimum atomic E-state index is -0.401. The quantitative estimate of drug-likeness (QED) is 0.376. The zero-order valence-electron chi connectivity index (χ0n) is 15.5. The molecule has 2 heterocycles. The van der Waals surface area contributed by atoms with E-state index in [2.05, 4.69) is 20.4 Å². The van der Waals surface area contributed by atoms with Crippen LogP contribution in [0.25, 0.3) is 11.3 Å². The smallest absolute Gasteiger partial charge is 0.278 e. The number of hydrazone groups is 1. The van der Waals surface area contributed by atoms with Crippen molar-refractivity contribution in [1.29, 1.82) is 0 Å². The lowest BCUT2D eigenvalue weighted by molar-refractivity contribution is -0.385. The summed E-state index contributed by atoms with van der Waals surface area (Å²) in [6.07, 6.45) is 1.46. The maximum Gasteiger partial charge on any atom is 0.278 e. The molecule has 9 heteroatoms. The van der Waals surface area contributed by atoms with Gasteiger partial charge < -0.3 is 9.64 Å². The summed E-state index contributed by atoms with van der Waals surface area (Å²) in [5.74, 6) is 0. The van der Waals surface area contributed by atoms with Crippen molar-refractivity contribution in [2.75, 3.05) is 36.6 Å². The van der Waals surface area contributed by atoms with Crippen molar-refractivity contribution >= 4 is 34.1 Å². The lowest BCUT2D eigenvalue weighted by Crippen LogP contribution is -2.36. The number of morpholine rings is 1. The Morgan fingerprint density at radius 1 is 1.21 bits per heavy atom. The summed E-state index contributed by atoms with van der Waals surface area (Å²) >= 11 is 1.42. The van der Waals surface area contributed by atoms with Gasteiger partial charge in [-0.3, -0.25) is 15.5 Å². The molecule has 1 N–H and O–H groups in total. The summed E-state index contributed by atoms with van der Waals surface area (Å²) < 4.78 is 5.37. The van der Waals surface area contributed by atoms with Crippen molar-refractivity contribution in [2.45, 2.75) is 0 Å². The number of nitrogens with one attached hydrogen (secondary N) is 1. The van der Waals surface area contributed by atoms with Crippen molar-refractivity contribution in [1.82, 2.24) is 4.98 Å². The van der Waals surface area contributed by atoms with Crippen LogP contribution in [0.4, 0.5) is 16.5 Å². The first kappa shape index (κ1) is 19.0. The van der Waals surface area contributed by atoms with Gasteiger partial charge in [0.25, 0.3) is 5.69 Å². The average Bonchev–Trinajstić information content (AvgIpc) is 3.24. The zero-order chi connectivity index (χ0) is 20.1. The van der Waals surface area contributed by atoms with Crippen LogP contribution in [0.3, 0.4) is 0 Å². The Labute approximate surface area is 171 Å². The van der Waals surface area contributed by atoms with E-state index in [4.69, 9.17) is 4.74 Å². The van der Waals surface area contributed by atoms with Crippen LogP contribution in [0.15, 0.2) is 59.0 Å². The van der Waals surface area contributed by atoms with Crippen LogP contribution in [-0.2, 0) is 4.74 Å². The molecule has 4 rings (SSSR count). The SMILES string of the molecule is O=[N+]([O-])c1ccc(N2CCOCC2)cc1C=NNc1nc(-c2ccccc2)cs1. The molecule has 0 amide bonds. The van der Waals surface area contributed by atoms with Crippen molar-refractivity contribution in [3.63, 3.8) is 0 Å². The average molecular weight is 409 g/mol. The maximum atomic E-state index is 11.4. The summed E-state index contributed by atoms with van der Waals surface area (Å²) in [7, 11) is 0. The molecule has 1 aliphatic heterocycles. The summed E-state index contributed by atoms with van der Waals surface area (Å²) in [5.41, 5.74) is 6.11. The summed E-state index contributed by atoms with van der Waals surface area (Å²) in [6.45, 7) is 2.81. The lowest BCUT2D eigenvalue weighted by Gasteiger charge is -2.28. The van der Waals surface area contributed by atoms with Gasteiger partial charge in [0.2, 0.25) is 5.13 Å². The molecule has 1 aromatic heterocycles. The van der Waals surface area contributed by atoms with Crippen LogP contribution >= 0.6 is 11.3 Å². The summed E-state index contributed by atoms with van der Waals surface area (Å²) in [4.78, 5) is 17.6. The second-order valence-electron chi connectivity index (χ2n) is 6.37. The fourth-order valence-corrected chi connectivity index (χ4v) is 3.72. The molecule has 0 bridgehead atoms. The number of nitrogens with zero attached hydrogens (tertiary/aromatic N) is 4. The van der Waals surface area contributed by atoms with E-state index < -0.39 is 4.92 Å². The number of thiazole rings is 1. The fourth-order valence-electron chi connectivity index (χ4n) is 3.05. The van der Waals surface area contributed by atoms with E-state index in [-0.39, 0.29) is 5.69 Å². The summed E-state index contributed by atoms with van der Waals surface area (Å²) in [5, 5.41) is 18.1. The van der Waals surface area contributed by atoms with Crippen LogP contribution in [0.5, 0.6) is 0 Å². The number of nitro benzene ring substituents is 1. The third-order valence-corrected chi connectivity index (χ3v) is 5.27. The molecule has 0 spiro atoms. The second-order valence-corrected chi connectivity index (χ2v) is 7.23. The molecule has 0 atom stereocenters. The number of rotatable bonds is 6. The molecule has 0 aliphatic carbocycles. The Kier molecular flexibility index (Phi) is 5.78.